The molecule has 15 aromatic carbocycles. The van der Waals surface area contributed by atoms with Gasteiger partial charge in [0.15, 0.2) is 0 Å². The molecule has 0 aliphatic carbocycles. The zero-order valence-electron chi connectivity index (χ0n) is 93.8. The first-order valence-electron chi connectivity index (χ1n) is 50.6. The van der Waals surface area contributed by atoms with E-state index in [-0.39, 0.29) is 10.8 Å². The predicted octanol–water partition coefficient (Wildman–Crippen LogP) is 23.5. The van der Waals surface area contributed by atoms with Crippen LogP contribution in [0.5, 0.6) is 0 Å². The van der Waals surface area contributed by atoms with Gasteiger partial charge in [-0.05, 0) is 157 Å². The molecule has 2 heteroatoms. The molecule has 0 aliphatic heterocycles. The van der Waals surface area contributed by atoms with Crippen LogP contribution < -0.4 is 0 Å². The van der Waals surface area contributed by atoms with E-state index in [1.165, 1.54) is 0 Å². The predicted molar refractivity (Wildman–Crippen MR) is 356 cm³/mol. The minimum absolute atomic E-state index is 0.358. The summed E-state index contributed by atoms with van der Waals surface area (Å²) in [6.07, 6.45) is 0. The highest BCUT2D eigenvalue weighted by molar-refractivity contribution is 6.23. The highest BCUT2D eigenvalue weighted by Gasteiger charge is 2.19. The molecule has 0 amide bonds. The van der Waals surface area contributed by atoms with E-state index in [0.717, 1.165) is 0 Å². The summed E-state index contributed by atoms with van der Waals surface area (Å²) in [5, 5.41) is -7.32. The molecule has 0 unspecified atom stereocenters. The van der Waals surface area contributed by atoms with Crippen LogP contribution in [0.1, 0.15) is 71.3 Å². The van der Waals surface area contributed by atoms with Crippen LogP contribution in [-0.4, -0.2) is 0 Å². The molecule has 392 valence electrons. The summed E-state index contributed by atoms with van der Waals surface area (Å²) in [7, 11) is 0. The number of furan rings is 2. The Labute approximate surface area is 559 Å². The zero-order valence-corrected chi connectivity index (χ0v) is 41.8. The molecule has 84 heavy (non-hydrogen) atoms. The molecule has 0 atom stereocenters. The van der Waals surface area contributed by atoms with Gasteiger partial charge in [-0.2, -0.15) is 0 Å². The first-order valence-corrected chi connectivity index (χ1v) is 24.6. The van der Waals surface area contributed by atoms with Gasteiger partial charge in [0.1, 0.15) is 22.3 Å². The van der Waals surface area contributed by atoms with E-state index in [4.69, 9.17) is 58.2 Å². The van der Waals surface area contributed by atoms with Crippen LogP contribution in [0, 0.1) is 0 Å². The van der Waals surface area contributed by atoms with Crippen molar-refractivity contribution < 1.29 is 80.1 Å². The molecule has 0 fully saturated rings. The van der Waals surface area contributed by atoms with Gasteiger partial charge in [-0.3, -0.25) is 0 Å². The highest BCUT2D eigenvalue weighted by atomic mass is 16.3. The molecule has 0 saturated heterocycles. The lowest BCUT2D eigenvalue weighted by Gasteiger charge is -2.18. The summed E-state index contributed by atoms with van der Waals surface area (Å²) in [6.45, 7) is 0. The van der Waals surface area contributed by atoms with Gasteiger partial charge in [-0.1, -0.05) is 278 Å². The van der Waals surface area contributed by atoms with Crippen molar-refractivity contribution in [1.82, 2.24) is 0 Å². The standard InChI is InChI=1S/C44H28O.C38H24O/c1-2-10-29(11-3-1)30-18-22-32(23-19-30)43-36-13-4-6-15-38(36)44(39-16-7-5-14-37(39)43)33-24-20-31(21-25-33)34-26-27-42-40(28-34)35-12-8-9-17-41(35)45-42;1-2-10-26(11-3-1)37-30-13-4-6-15-32(30)38(33-16-7-5-14-31(33)37)27-20-18-25(19-21-27)28-22-23-36-34(24-28)29-12-8-9-17-35(29)39-36/h1-28H;1-24H/i1D,2D,3D,4D,5D,6D,7D,8D,9D,10D,11D,12D,13D,14D,15D,16D,17D,18D,19D,20D,21D,22D,23D,24D,25D,26D,27D,28D;1D,2D,3D,4D,5D,6D,7D,8D,9D,10D,11D,12D,13D,14D,15D,16D,17D,18D,19D,20D,21D,22D,23D,24D. The number of hydrogen-bond donors (Lipinski definition) is 0. The molecular weight excluding hydrogens is 1020 g/mol. The van der Waals surface area contributed by atoms with E-state index < -0.39 is 468 Å². The second-order valence-electron chi connectivity index (χ2n) is 17.8. The molecular formula is C82H52O2. The molecule has 0 spiro atoms. The minimum Gasteiger partial charge on any atom is -0.456 e. The number of benzene rings is 15. The van der Waals surface area contributed by atoms with E-state index in [1.807, 2.05) is 0 Å². The van der Waals surface area contributed by atoms with Crippen LogP contribution in [0.25, 0.3) is 165 Å². The summed E-state index contributed by atoms with van der Waals surface area (Å²) >= 11 is 0. The van der Waals surface area contributed by atoms with Crippen molar-refractivity contribution in [3.8, 4) is 77.9 Å². The Morgan fingerprint density at radius 3 is 0.679 bits per heavy atom. The van der Waals surface area contributed by atoms with Crippen LogP contribution in [0.4, 0.5) is 0 Å². The van der Waals surface area contributed by atoms with Crippen molar-refractivity contribution in [2.24, 2.45) is 0 Å². The van der Waals surface area contributed by atoms with E-state index in [1.54, 1.807) is 0 Å². The van der Waals surface area contributed by atoms with E-state index >= 15 is 0 Å². The summed E-state index contributed by atoms with van der Waals surface area (Å²) in [4.78, 5) is 0. The van der Waals surface area contributed by atoms with Gasteiger partial charge in [0.05, 0.1) is 71.3 Å². The number of para-hydroxylation sites is 2. The summed E-state index contributed by atoms with van der Waals surface area (Å²) in [5.41, 5.74) is -12.6. The smallest absolute Gasteiger partial charge is 0.135 e. The third-order valence-corrected chi connectivity index (χ3v) is 13.1. The third kappa shape index (κ3) is 8.43. The molecule has 2 heterocycles. The molecule has 17 rings (SSSR count). The van der Waals surface area contributed by atoms with Crippen molar-refractivity contribution >= 4 is 87.0 Å². The highest BCUT2D eigenvalue weighted by Crippen LogP contribution is 2.47. The van der Waals surface area contributed by atoms with Crippen LogP contribution in [0.3, 0.4) is 0 Å². The topological polar surface area (TPSA) is 26.3 Å². The van der Waals surface area contributed by atoms with Gasteiger partial charge in [-0.15, -0.1) is 0 Å². The van der Waals surface area contributed by atoms with Gasteiger partial charge in [0.2, 0.25) is 0 Å². The van der Waals surface area contributed by atoms with Crippen LogP contribution in [0.2, 0.25) is 0 Å². The Kier molecular flexibility index (Phi) is 4.70. The molecule has 2 aromatic heterocycles. The summed E-state index contributed by atoms with van der Waals surface area (Å²) in [5.74, 6) is 0. The van der Waals surface area contributed by atoms with Crippen molar-refractivity contribution in [3.05, 3.63) is 314 Å². The number of hydrogen-bond acceptors (Lipinski definition) is 2. The fourth-order valence-electron chi connectivity index (χ4n) is 9.54. The Balaban J connectivity index is 0.000000199. The van der Waals surface area contributed by atoms with Gasteiger partial charge in [0.25, 0.3) is 0 Å². The summed E-state index contributed by atoms with van der Waals surface area (Å²) in [6, 6.07) is -47.6. The largest absolute Gasteiger partial charge is 0.456 e. The zero-order chi connectivity index (χ0) is 101. The molecule has 0 N–H and O–H groups in total. The van der Waals surface area contributed by atoms with Gasteiger partial charge in [0, 0.05) is 21.5 Å². The van der Waals surface area contributed by atoms with Crippen molar-refractivity contribution in [2.75, 3.05) is 0 Å². The Bertz CT molecular complexity index is 8290. The average molecular weight is 1120 g/mol. The quantitative estimate of drug-likeness (QED) is 0.149. The maximum atomic E-state index is 9.51. The Morgan fingerprint density at radius 2 is 0.357 bits per heavy atom. The lowest BCUT2D eigenvalue weighted by molar-refractivity contribution is 0.668. The van der Waals surface area contributed by atoms with Crippen LogP contribution >= 0.6 is 0 Å². The Morgan fingerprint density at radius 1 is 0.155 bits per heavy atom. The number of fused-ring (bicyclic) bond motifs is 10. The van der Waals surface area contributed by atoms with Crippen LogP contribution in [0.15, 0.2) is 323 Å². The first-order chi connectivity index (χ1) is 63.3. The normalized spacial score (nSPS) is 20.2. The SMILES string of the molecule is [2H]c1c([2H])c([2H])c(-c2c([2H])c([2H])c(-c3c4c([2H])c([2H])c([2H])c([2H])c4c(-c4c([2H])c([2H])c(-c5c([2H])c([2H])c6oc7c([2H])c([2H])c([2H])c([2H])c7c6c5[2H])c([2H])c4[2H])c4c([2H])c([2H])c([2H])c([2H])c34)c([2H])c2[2H])c([2H])c1[2H].[2H]c1c([2H])c([2H])c(-c2c3c([2H])c([2H])c([2H])c([2H])c3c(-c3c([2H])c([2H])c(-c4c([2H])c([2H])c5oc6c([2H])c([2H])c([2H])c([2H])c6c5c4[2H])c([2H])c3[2H])c3c([2H])c([2H])c([2H])c([2H])c23)c([2H])c1[2H]. The van der Waals surface area contributed by atoms with Crippen molar-refractivity contribution in [2.45, 2.75) is 0 Å². The van der Waals surface area contributed by atoms with Crippen molar-refractivity contribution in [1.29, 1.82) is 0 Å². The van der Waals surface area contributed by atoms with Crippen molar-refractivity contribution in [3.63, 3.8) is 0 Å². The lowest BCUT2D eigenvalue weighted by Crippen LogP contribution is -1.91. The molecule has 2 nitrogen and oxygen atoms in total. The Hall–Kier alpha value is -11.1. The molecule has 0 radical (unpaired) electrons. The fourth-order valence-corrected chi connectivity index (χ4v) is 9.54. The molecule has 0 saturated carbocycles. The molecule has 0 aliphatic rings. The fraction of sp³-hybridized carbons (Fsp3) is 0. The van der Waals surface area contributed by atoms with E-state index in [0.29, 0.717) is 0 Å². The van der Waals surface area contributed by atoms with E-state index in [2.05, 4.69) is 0 Å². The van der Waals surface area contributed by atoms with Gasteiger partial charge >= 0.3 is 0 Å². The molecule has 17 aromatic rings. The second-order valence-corrected chi connectivity index (χ2v) is 17.8. The minimum atomic E-state index is -1.09. The monoisotopic (exact) mass is 1120 g/mol. The first kappa shape index (κ1) is 19.3. The lowest BCUT2D eigenvalue weighted by atomic mass is 9.85. The van der Waals surface area contributed by atoms with Gasteiger partial charge in [-0.25, -0.2) is 0 Å². The maximum Gasteiger partial charge on any atom is 0.135 e. The average Bonchev–Trinajstić information content (AvgIpc) is 1.18. The maximum absolute atomic E-state index is 9.51. The number of rotatable bonds is 7. The van der Waals surface area contributed by atoms with Gasteiger partial charge < -0.3 is 8.83 Å². The summed E-state index contributed by atoms with van der Waals surface area (Å²) < 4.78 is 471. The van der Waals surface area contributed by atoms with Crippen LogP contribution in [-0.2, 0) is 0 Å². The van der Waals surface area contributed by atoms with E-state index in [9.17, 15) is 21.9 Å². The second kappa shape index (κ2) is 20.5. The third-order valence-electron chi connectivity index (χ3n) is 13.1. The molecule has 0 bridgehead atoms.